The van der Waals surface area contributed by atoms with Crippen LogP contribution in [0, 0.1) is 0 Å². The van der Waals surface area contributed by atoms with Gasteiger partial charge in [0.2, 0.25) is 10.0 Å². The molecular formula is C17H23Cl2N3O3S. The van der Waals surface area contributed by atoms with E-state index < -0.39 is 10.0 Å². The van der Waals surface area contributed by atoms with Crippen LogP contribution in [0.1, 0.15) is 32.1 Å². The number of carbonyl (C=O) groups is 1. The number of piperazine rings is 1. The van der Waals surface area contributed by atoms with Crippen LogP contribution in [-0.4, -0.2) is 55.9 Å². The monoisotopic (exact) mass is 419 g/mol. The largest absolute Gasteiger partial charge is 0.335 e. The van der Waals surface area contributed by atoms with Crippen LogP contribution in [-0.2, 0) is 10.0 Å². The van der Waals surface area contributed by atoms with Crippen molar-refractivity contribution in [1.29, 1.82) is 0 Å². The number of carbonyl (C=O) groups excluding carboxylic acids is 1. The molecule has 0 bridgehead atoms. The van der Waals surface area contributed by atoms with Crippen molar-refractivity contribution in [3.63, 3.8) is 0 Å². The molecule has 1 aliphatic carbocycles. The van der Waals surface area contributed by atoms with Gasteiger partial charge < -0.3 is 10.2 Å². The average Bonchev–Trinajstić information content (AvgIpc) is 2.65. The van der Waals surface area contributed by atoms with Crippen LogP contribution in [0.3, 0.4) is 0 Å². The van der Waals surface area contributed by atoms with Gasteiger partial charge in [0.1, 0.15) is 0 Å². The summed E-state index contributed by atoms with van der Waals surface area (Å²) in [6, 6.07) is 4.44. The Labute approximate surface area is 164 Å². The number of benzene rings is 1. The number of rotatable bonds is 3. The number of hydrogen-bond acceptors (Lipinski definition) is 3. The third-order valence-electron chi connectivity index (χ3n) is 4.99. The quantitative estimate of drug-likeness (QED) is 0.816. The van der Waals surface area contributed by atoms with Gasteiger partial charge in [-0.1, -0.05) is 42.5 Å². The minimum absolute atomic E-state index is 0.0940. The maximum atomic E-state index is 12.7. The Bertz CT molecular complexity index is 759. The van der Waals surface area contributed by atoms with Gasteiger partial charge in [0, 0.05) is 32.2 Å². The van der Waals surface area contributed by atoms with Crippen molar-refractivity contribution < 1.29 is 13.2 Å². The van der Waals surface area contributed by atoms with Gasteiger partial charge in [-0.2, -0.15) is 4.31 Å². The minimum atomic E-state index is -3.65. The summed E-state index contributed by atoms with van der Waals surface area (Å²) in [5.74, 6) is 0. The van der Waals surface area contributed by atoms with E-state index in [4.69, 9.17) is 23.2 Å². The fraction of sp³-hybridized carbons (Fsp3) is 0.588. The van der Waals surface area contributed by atoms with E-state index in [9.17, 15) is 13.2 Å². The molecule has 1 saturated carbocycles. The summed E-state index contributed by atoms with van der Waals surface area (Å²) in [5.41, 5.74) is 0. The van der Waals surface area contributed by atoms with E-state index in [0.717, 1.165) is 25.7 Å². The van der Waals surface area contributed by atoms with Gasteiger partial charge in [-0.05, 0) is 31.0 Å². The highest BCUT2D eigenvalue weighted by molar-refractivity contribution is 7.89. The zero-order chi connectivity index (χ0) is 18.7. The fourth-order valence-electron chi connectivity index (χ4n) is 3.43. The molecule has 1 aromatic carbocycles. The second-order valence-corrected chi connectivity index (χ2v) is 9.50. The van der Waals surface area contributed by atoms with Crippen molar-refractivity contribution in [3.05, 3.63) is 28.2 Å². The molecular weight excluding hydrogens is 397 g/mol. The van der Waals surface area contributed by atoms with E-state index in [0.29, 0.717) is 18.1 Å². The Morgan fingerprint density at radius 2 is 1.65 bits per heavy atom. The summed E-state index contributed by atoms with van der Waals surface area (Å²) in [7, 11) is -3.65. The molecule has 1 aromatic rings. The van der Waals surface area contributed by atoms with Crippen molar-refractivity contribution in [2.45, 2.75) is 43.0 Å². The van der Waals surface area contributed by atoms with E-state index in [-0.39, 0.29) is 35.1 Å². The third kappa shape index (κ3) is 4.44. The molecule has 3 rings (SSSR count). The standard InChI is InChI=1S/C17H23Cl2N3O3S/c18-15-7-6-14(12-16(15)19)26(24,25)22-10-8-21(9-11-22)17(23)20-13-4-2-1-3-5-13/h6-7,12-13H,1-5,8-11H2,(H,20,23). The van der Waals surface area contributed by atoms with Crippen LogP contribution in [0.4, 0.5) is 4.79 Å². The van der Waals surface area contributed by atoms with Crippen LogP contribution < -0.4 is 5.32 Å². The first kappa shape index (κ1) is 19.7. The summed E-state index contributed by atoms with van der Waals surface area (Å²) in [5, 5.41) is 3.60. The number of nitrogens with zero attached hydrogens (tertiary/aromatic N) is 2. The molecule has 26 heavy (non-hydrogen) atoms. The molecule has 1 N–H and O–H groups in total. The Hall–Kier alpha value is -1.02. The van der Waals surface area contributed by atoms with Crippen LogP contribution in [0.15, 0.2) is 23.1 Å². The number of halogens is 2. The molecule has 144 valence electrons. The molecule has 9 heteroatoms. The van der Waals surface area contributed by atoms with Gasteiger partial charge in [-0.25, -0.2) is 13.2 Å². The molecule has 1 saturated heterocycles. The van der Waals surface area contributed by atoms with Gasteiger partial charge >= 0.3 is 6.03 Å². The van der Waals surface area contributed by atoms with Crippen LogP contribution in [0.2, 0.25) is 10.0 Å². The molecule has 1 aliphatic heterocycles. The lowest BCUT2D eigenvalue weighted by Gasteiger charge is -2.35. The SMILES string of the molecule is O=C(NC1CCCCC1)N1CCN(S(=O)(=O)c2ccc(Cl)c(Cl)c2)CC1. The molecule has 0 unspecified atom stereocenters. The highest BCUT2D eigenvalue weighted by atomic mass is 35.5. The second-order valence-electron chi connectivity index (χ2n) is 6.75. The molecule has 2 amide bonds. The topological polar surface area (TPSA) is 69.7 Å². The first-order valence-electron chi connectivity index (χ1n) is 8.88. The summed E-state index contributed by atoms with van der Waals surface area (Å²) in [4.78, 5) is 14.2. The normalized spacial score (nSPS) is 20.2. The van der Waals surface area contributed by atoms with Crippen LogP contribution in [0.5, 0.6) is 0 Å². The highest BCUT2D eigenvalue weighted by Gasteiger charge is 2.31. The number of nitrogens with one attached hydrogen (secondary N) is 1. The number of sulfonamides is 1. The third-order valence-corrected chi connectivity index (χ3v) is 7.62. The summed E-state index contributed by atoms with van der Waals surface area (Å²) in [6.07, 6.45) is 5.59. The molecule has 0 aromatic heterocycles. The number of amides is 2. The number of urea groups is 1. The second kappa shape index (κ2) is 8.33. The van der Waals surface area contributed by atoms with E-state index in [2.05, 4.69) is 5.32 Å². The van der Waals surface area contributed by atoms with E-state index in [1.54, 1.807) is 4.90 Å². The Balaban J connectivity index is 1.58. The molecule has 2 aliphatic rings. The lowest BCUT2D eigenvalue weighted by molar-refractivity contribution is 0.166. The van der Waals surface area contributed by atoms with Crippen molar-refractivity contribution in [2.24, 2.45) is 0 Å². The summed E-state index contributed by atoms with van der Waals surface area (Å²) in [6.45, 7) is 1.28. The average molecular weight is 420 g/mol. The summed E-state index contributed by atoms with van der Waals surface area (Å²) < 4.78 is 26.9. The predicted molar refractivity (Wildman–Crippen MR) is 102 cm³/mol. The molecule has 0 atom stereocenters. The van der Waals surface area contributed by atoms with Gasteiger partial charge in [0.15, 0.2) is 0 Å². The van der Waals surface area contributed by atoms with Gasteiger partial charge in [-0.3, -0.25) is 0 Å². The van der Waals surface area contributed by atoms with Gasteiger partial charge in [0.05, 0.1) is 14.9 Å². The van der Waals surface area contributed by atoms with E-state index in [1.807, 2.05) is 0 Å². The minimum Gasteiger partial charge on any atom is -0.335 e. The van der Waals surface area contributed by atoms with Crippen molar-refractivity contribution in [1.82, 2.24) is 14.5 Å². The summed E-state index contributed by atoms with van der Waals surface area (Å²) >= 11 is 11.8. The lowest BCUT2D eigenvalue weighted by Crippen LogP contribution is -2.54. The molecule has 0 radical (unpaired) electrons. The molecule has 2 fully saturated rings. The zero-order valence-electron chi connectivity index (χ0n) is 14.5. The smallest absolute Gasteiger partial charge is 0.317 e. The van der Waals surface area contributed by atoms with Crippen molar-refractivity contribution in [2.75, 3.05) is 26.2 Å². The maximum Gasteiger partial charge on any atom is 0.317 e. The van der Waals surface area contributed by atoms with Gasteiger partial charge in [0.25, 0.3) is 0 Å². The Morgan fingerprint density at radius 3 is 2.27 bits per heavy atom. The van der Waals surface area contributed by atoms with Crippen molar-refractivity contribution >= 4 is 39.3 Å². The van der Waals surface area contributed by atoms with E-state index in [1.165, 1.54) is 28.9 Å². The molecule has 6 nitrogen and oxygen atoms in total. The van der Waals surface area contributed by atoms with Crippen LogP contribution >= 0.6 is 23.2 Å². The Morgan fingerprint density at radius 1 is 1.00 bits per heavy atom. The number of hydrogen-bond donors (Lipinski definition) is 1. The van der Waals surface area contributed by atoms with Crippen molar-refractivity contribution in [3.8, 4) is 0 Å². The molecule has 1 heterocycles. The highest BCUT2D eigenvalue weighted by Crippen LogP contribution is 2.27. The Kier molecular flexibility index (Phi) is 6.33. The van der Waals surface area contributed by atoms with Crippen LogP contribution in [0.25, 0.3) is 0 Å². The first-order chi connectivity index (χ1) is 12.4. The fourth-order valence-corrected chi connectivity index (χ4v) is 5.24. The van der Waals surface area contributed by atoms with Gasteiger partial charge in [-0.15, -0.1) is 0 Å². The van der Waals surface area contributed by atoms with E-state index >= 15 is 0 Å². The lowest BCUT2D eigenvalue weighted by atomic mass is 9.96. The molecule has 0 spiro atoms. The zero-order valence-corrected chi connectivity index (χ0v) is 16.8. The maximum absolute atomic E-state index is 12.7. The first-order valence-corrected chi connectivity index (χ1v) is 11.1. The predicted octanol–water partition coefficient (Wildman–Crippen LogP) is 3.34.